The van der Waals surface area contributed by atoms with Gasteiger partial charge in [-0.2, -0.15) is 0 Å². The lowest BCUT2D eigenvalue weighted by atomic mass is 10.1. The van der Waals surface area contributed by atoms with E-state index in [1.807, 2.05) is 21.1 Å². The highest BCUT2D eigenvalue weighted by atomic mass is 31.2. The Labute approximate surface area is 308 Å². The van der Waals surface area contributed by atoms with Crippen molar-refractivity contribution < 1.29 is 37.3 Å². The van der Waals surface area contributed by atoms with Crippen LogP contribution in [0.2, 0.25) is 0 Å². The molecule has 0 aliphatic carbocycles. The van der Waals surface area contributed by atoms with E-state index in [9.17, 15) is 14.3 Å². The van der Waals surface area contributed by atoms with Gasteiger partial charge < -0.3 is 27.9 Å². The highest BCUT2D eigenvalue weighted by molar-refractivity contribution is 7.45. The lowest BCUT2D eigenvalue weighted by Gasteiger charge is -2.28. The van der Waals surface area contributed by atoms with E-state index in [2.05, 4.69) is 62.5 Å². The van der Waals surface area contributed by atoms with Gasteiger partial charge in [0.05, 0.1) is 34.4 Å². The Kier molecular flexibility index (Phi) is 33.5. The third-order valence-electron chi connectivity index (χ3n) is 8.11. The number of phosphoric ester groups is 1. The summed E-state index contributed by atoms with van der Waals surface area (Å²) in [5, 5.41) is 0. The van der Waals surface area contributed by atoms with E-state index in [0.717, 1.165) is 70.6 Å². The number of unbranched alkanes of at least 4 members (excludes halogenated alkanes) is 14. The summed E-state index contributed by atoms with van der Waals surface area (Å²) >= 11 is 0. The molecule has 292 valence electrons. The van der Waals surface area contributed by atoms with E-state index in [4.69, 9.17) is 18.5 Å². The van der Waals surface area contributed by atoms with Crippen LogP contribution in [0.5, 0.6) is 0 Å². The predicted molar refractivity (Wildman–Crippen MR) is 208 cm³/mol. The zero-order valence-corrected chi connectivity index (χ0v) is 33.7. The molecule has 0 saturated heterocycles. The number of nitrogens with zero attached hydrogens (tertiary/aromatic N) is 1. The monoisotopic (exact) mass is 726 g/mol. The SMILES string of the molecule is CC/C=C\C/C=C\C/C=C\CCCCCCCC(=O)OC(COCCCCCCCC/C=C\CCCCC)COP(=O)([O-])OCC[N+](C)(C)C. The molecule has 0 aliphatic rings. The normalized spacial score (nSPS) is 14.4. The van der Waals surface area contributed by atoms with Gasteiger partial charge in [0.1, 0.15) is 19.3 Å². The maximum Gasteiger partial charge on any atom is 0.306 e. The molecule has 2 atom stereocenters. The van der Waals surface area contributed by atoms with Crippen molar-refractivity contribution in [2.75, 3.05) is 54.1 Å². The molecule has 0 bridgehead atoms. The van der Waals surface area contributed by atoms with Gasteiger partial charge in [-0.05, 0) is 70.6 Å². The molecule has 8 nitrogen and oxygen atoms in total. The van der Waals surface area contributed by atoms with Gasteiger partial charge in [-0.3, -0.25) is 9.36 Å². The molecule has 0 aromatic heterocycles. The van der Waals surface area contributed by atoms with E-state index in [1.165, 1.54) is 57.8 Å². The average molecular weight is 726 g/mol. The third-order valence-corrected chi connectivity index (χ3v) is 9.08. The Morgan fingerprint density at radius 2 is 1.16 bits per heavy atom. The molecule has 0 fully saturated rings. The number of carbonyl (C=O) groups is 1. The summed E-state index contributed by atoms with van der Waals surface area (Å²) < 4.78 is 34.4. The van der Waals surface area contributed by atoms with Gasteiger partial charge in [0, 0.05) is 13.0 Å². The third kappa shape index (κ3) is 37.7. The van der Waals surface area contributed by atoms with E-state index >= 15 is 0 Å². The summed E-state index contributed by atoms with van der Waals surface area (Å²) in [7, 11) is 1.33. The number of hydrogen-bond donors (Lipinski definition) is 0. The van der Waals surface area contributed by atoms with Crippen molar-refractivity contribution in [3.63, 3.8) is 0 Å². The van der Waals surface area contributed by atoms with E-state index in [-0.39, 0.29) is 25.8 Å². The Hall–Kier alpha value is -1.54. The van der Waals surface area contributed by atoms with Crippen LogP contribution < -0.4 is 4.89 Å². The fraction of sp³-hybridized carbons (Fsp3) is 0.780. The van der Waals surface area contributed by atoms with Crippen LogP contribution in [0, 0.1) is 0 Å². The standard InChI is InChI=1S/C41H76NO7P/c1-6-8-10-12-14-16-18-20-21-22-24-26-28-30-32-34-41(43)49-40(39-48-50(44,45)47-37-35-42(3,4)5)38-46-36-33-31-29-27-25-23-19-17-15-13-11-9-7-2/h8,10,14-17,20-21,40H,6-7,9,11-13,18-19,22-39H2,1-5H3/b10-8-,16-14-,17-15-,21-20-. The first kappa shape index (κ1) is 48.5. The van der Waals surface area contributed by atoms with Gasteiger partial charge in [0.25, 0.3) is 7.82 Å². The minimum absolute atomic E-state index is 0.0197. The van der Waals surface area contributed by atoms with Crippen molar-refractivity contribution in [1.29, 1.82) is 0 Å². The summed E-state index contributed by atoms with van der Waals surface area (Å²) in [6, 6.07) is 0. The van der Waals surface area contributed by atoms with Crippen LogP contribution in [0.4, 0.5) is 0 Å². The Morgan fingerprint density at radius 1 is 0.640 bits per heavy atom. The second-order valence-electron chi connectivity index (χ2n) is 14.3. The van der Waals surface area contributed by atoms with Crippen molar-refractivity contribution >= 4 is 13.8 Å². The molecule has 0 radical (unpaired) electrons. The van der Waals surface area contributed by atoms with Crippen molar-refractivity contribution in [2.45, 2.75) is 155 Å². The summed E-state index contributed by atoms with van der Waals surface area (Å²) in [4.78, 5) is 24.9. The van der Waals surface area contributed by atoms with Gasteiger partial charge in [-0.25, -0.2) is 0 Å². The van der Waals surface area contributed by atoms with E-state index in [0.29, 0.717) is 24.1 Å². The molecular weight excluding hydrogens is 649 g/mol. The largest absolute Gasteiger partial charge is 0.756 e. The maximum atomic E-state index is 12.6. The number of rotatable bonds is 36. The first-order chi connectivity index (χ1) is 24.1. The molecule has 0 heterocycles. The Morgan fingerprint density at radius 3 is 1.76 bits per heavy atom. The number of likely N-dealkylation sites (N-methyl/N-ethyl adjacent to an activating group) is 1. The highest BCUT2D eigenvalue weighted by Gasteiger charge is 2.20. The van der Waals surface area contributed by atoms with Crippen molar-refractivity contribution in [3.8, 4) is 0 Å². The van der Waals surface area contributed by atoms with Crippen LogP contribution in [0.15, 0.2) is 48.6 Å². The number of quaternary nitrogens is 1. The number of hydrogen-bond acceptors (Lipinski definition) is 7. The first-order valence-electron chi connectivity index (χ1n) is 19.9. The lowest BCUT2D eigenvalue weighted by molar-refractivity contribution is -0.870. The van der Waals surface area contributed by atoms with Crippen LogP contribution in [0.1, 0.15) is 149 Å². The molecule has 0 aliphatic heterocycles. The molecule has 0 aromatic rings. The summed E-state index contributed by atoms with van der Waals surface area (Å²) in [5.74, 6) is -0.356. The molecule has 0 amide bonds. The molecular formula is C41H76NO7P. The van der Waals surface area contributed by atoms with Crippen LogP contribution in [-0.2, 0) is 27.9 Å². The molecule has 50 heavy (non-hydrogen) atoms. The number of esters is 1. The quantitative estimate of drug-likeness (QED) is 0.0209. The van der Waals surface area contributed by atoms with Gasteiger partial charge in [-0.1, -0.05) is 120 Å². The Bertz CT molecular complexity index is 942. The molecule has 2 unspecified atom stereocenters. The zero-order valence-electron chi connectivity index (χ0n) is 32.8. The van der Waals surface area contributed by atoms with E-state index < -0.39 is 13.9 Å². The van der Waals surface area contributed by atoms with Gasteiger partial charge >= 0.3 is 5.97 Å². The topological polar surface area (TPSA) is 94.1 Å². The number of ether oxygens (including phenoxy) is 2. The fourth-order valence-electron chi connectivity index (χ4n) is 5.02. The fourth-order valence-corrected chi connectivity index (χ4v) is 5.75. The van der Waals surface area contributed by atoms with Gasteiger partial charge in [0.15, 0.2) is 0 Å². The van der Waals surface area contributed by atoms with Crippen LogP contribution >= 0.6 is 7.82 Å². The van der Waals surface area contributed by atoms with Crippen molar-refractivity contribution in [3.05, 3.63) is 48.6 Å². The van der Waals surface area contributed by atoms with E-state index in [1.54, 1.807) is 0 Å². The average Bonchev–Trinajstić information content (AvgIpc) is 3.06. The molecule has 9 heteroatoms. The second-order valence-corrected chi connectivity index (χ2v) is 15.7. The van der Waals surface area contributed by atoms with Crippen LogP contribution in [0.25, 0.3) is 0 Å². The van der Waals surface area contributed by atoms with Gasteiger partial charge in [-0.15, -0.1) is 0 Å². The lowest BCUT2D eigenvalue weighted by Crippen LogP contribution is -2.37. The highest BCUT2D eigenvalue weighted by Crippen LogP contribution is 2.38. The summed E-state index contributed by atoms with van der Waals surface area (Å²) in [6.45, 7) is 5.22. The van der Waals surface area contributed by atoms with Crippen molar-refractivity contribution in [2.24, 2.45) is 0 Å². The van der Waals surface area contributed by atoms with Crippen LogP contribution in [0.3, 0.4) is 0 Å². The van der Waals surface area contributed by atoms with Gasteiger partial charge in [0.2, 0.25) is 0 Å². The van der Waals surface area contributed by atoms with Crippen LogP contribution in [-0.4, -0.2) is 70.7 Å². The molecule has 0 rings (SSSR count). The van der Waals surface area contributed by atoms with Crippen molar-refractivity contribution in [1.82, 2.24) is 0 Å². The number of allylic oxidation sites excluding steroid dienone is 8. The predicted octanol–water partition coefficient (Wildman–Crippen LogP) is 10.6. The number of phosphoric acid groups is 1. The minimum Gasteiger partial charge on any atom is -0.756 e. The smallest absolute Gasteiger partial charge is 0.306 e. The summed E-state index contributed by atoms with van der Waals surface area (Å²) in [6.07, 6.45) is 39.7. The summed E-state index contributed by atoms with van der Waals surface area (Å²) in [5.41, 5.74) is 0. The first-order valence-corrected chi connectivity index (χ1v) is 21.3. The molecule has 0 aromatic carbocycles. The second kappa shape index (κ2) is 34.5. The number of carbonyl (C=O) groups excluding carboxylic acids is 1. The zero-order chi connectivity index (χ0) is 37.0. The molecule has 0 saturated carbocycles. The minimum atomic E-state index is -4.53. The molecule has 0 N–H and O–H groups in total. The Balaban J connectivity index is 4.34. The molecule has 0 spiro atoms. The maximum absolute atomic E-state index is 12.6.